The Morgan fingerprint density at radius 2 is 1.93 bits per heavy atom. The first-order chi connectivity index (χ1) is 13.7. The van der Waals surface area contributed by atoms with E-state index in [9.17, 15) is 14.4 Å². The molecular formula is C23H25NO5. The number of H-pyrrole nitrogens is 1. The number of fused-ring (bicyclic) bond motifs is 1. The van der Waals surface area contributed by atoms with Crippen molar-refractivity contribution in [1.29, 1.82) is 0 Å². The van der Waals surface area contributed by atoms with Gasteiger partial charge in [-0.1, -0.05) is 19.1 Å². The van der Waals surface area contributed by atoms with Gasteiger partial charge in [0.15, 0.2) is 11.9 Å². The lowest BCUT2D eigenvalue weighted by molar-refractivity contribution is -0.145. The van der Waals surface area contributed by atoms with Crippen LogP contribution in [0.4, 0.5) is 0 Å². The zero-order valence-corrected chi connectivity index (χ0v) is 17.3. The van der Waals surface area contributed by atoms with Crippen molar-refractivity contribution in [1.82, 2.24) is 4.98 Å². The van der Waals surface area contributed by atoms with Gasteiger partial charge in [-0.05, 0) is 51.3 Å². The molecule has 0 spiro atoms. The number of aromatic nitrogens is 1. The van der Waals surface area contributed by atoms with E-state index in [4.69, 9.17) is 9.15 Å². The number of furan rings is 1. The molecule has 0 radical (unpaired) electrons. The summed E-state index contributed by atoms with van der Waals surface area (Å²) in [5, 5.41) is 0.861. The minimum absolute atomic E-state index is 0.0114. The van der Waals surface area contributed by atoms with Crippen LogP contribution >= 0.6 is 0 Å². The van der Waals surface area contributed by atoms with E-state index >= 15 is 0 Å². The van der Waals surface area contributed by atoms with Gasteiger partial charge in [0, 0.05) is 22.2 Å². The van der Waals surface area contributed by atoms with Crippen molar-refractivity contribution in [2.75, 3.05) is 0 Å². The fourth-order valence-electron chi connectivity index (χ4n) is 3.66. The highest BCUT2D eigenvalue weighted by Gasteiger charge is 2.26. The lowest BCUT2D eigenvalue weighted by Gasteiger charge is -2.12. The maximum atomic E-state index is 12.7. The Labute approximate surface area is 169 Å². The first kappa shape index (κ1) is 20.6. The third-order valence-electron chi connectivity index (χ3n) is 5.18. The highest BCUT2D eigenvalue weighted by molar-refractivity contribution is 6.05. The van der Waals surface area contributed by atoms with Crippen LogP contribution in [0, 0.1) is 13.8 Å². The number of hydrogen-bond acceptors (Lipinski definition) is 5. The molecule has 29 heavy (non-hydrogen) atoms. The second kappa shape index (κ2) is 8.07. The quantitative estimate of drug-likeness (QED) is 0.470. The van der Waals surface area contributed by atoms with Crippen LogP contribution in [0.5, 0.6) is 0 Å². The topological polar surface area (TPSA) is 89.4 Å². The fraction of sp³-hybridized carbons (Fsp3) is 0.348. The summed E-state index contributed by atoms with van der Waals surface area (Å²) in [7, 11) is 0. The standard InChI is InChI=1S/C23H25NO5/c1-6-16-7-8-18-17(11-28-19(18)9-16)10-20(26)29-15(5)23(27)22-12(2)21(14(4)25)13(3)24-22/h7-9,11,15,24H,6,10H2,1-5H3/t15-/m0/s1. The third-order valence-corrected chi connectivity index (χ3v) is 5.18. The maximum absolute atomic E-state index is 12.7. The Kier molecular flexibility index (Phi) is 5.73. The van der Waals surface area contributed by atoms with E-state index in [1.54, 1.807) is 20.1 Å². The molecule has 0 saturated carbocycles. The number of Topliss-reactive ketones (excluding diaryl/α,β-unsaturated/α-hetero) is 2. The summed E-state index contributed by atoms with van der Waals surface area (Å²) >= 11 is 0. The molecule has 0 aliphatic heterocycles. The Hall–Kier alpha value is -3.15. The predicted molar refractivity (Wildman–Crippen MR) is 109 cm³/mol. The van der Waals surface area contributed by atoms with Crippen LogP contribution in [0.25, 0.3) is 11.0 Å². The predicted octanol–water partition coefficient (Wildman–Crippen LogP) is 4.50. The van der Waals surface area contributed by atoms with Gasteiger partial charge in [0.25, 0.3) is 0 Å². The van der Waals surface area contributed by atoms with Crippen molar-refractivity contribution >= 4 is 28.5 Å². The summed E-state index contributed by atoms with van der Waals surface area (Å²) < 4.78 is 10.9. The number of ketones is 2. The number of hydrogen-bond donors (Lipinski definition) is 1. The SMILES string of the molecule is CCc1ccc2c(CC(=O)O[C@@H](C)C(=O)c3[nH]c(C)c(C(C)=O)c3C)coc2c1. The normalized spacial score (nSPS) is 12.2. The first-order valence-corrected chi connectivity index (χ1v) is 9.65. The maximum Gasteiger partial charge on any atom is 0.311 e. The van der Waals surface area contributed by atoms with Crippen molar-refractivity contribution in [2.24, 2.45) is 0 Å². The van der Waals surface area contributed by atoms with E-state index in [-0.39, 0.29) is 18.0 Å². The minimum atomic E-state index is -0.969. The lowest BCUT2D eigenvalue weighted by atomic mass is 10.0. The molecule has 0 aliphatic carbocycles. The van der Waals surface area contributed by atoms with Crippen LogP contribution in [-0.2, 0) is 22.4 Å². The van der Waals surface area contributed by atoms with Gasteiger partial charge in [-0.2, -0.15) is 0 Å². The average Bonchev–Trinajstić information content (AvgIpc) is 3.20. The van der Waals surface area contributed by atoms with Crippen molar-refractivity contribution in [3.8, 4) is 0 Å². The highest BCUT2D eigenvalue weighted by Crippen LogP contribution is 2.24. The fourth-order valence-corrected chi connectivity index (χ4v) is 3.66. The van der Waals surface area contributed by atoms with Gasteiger partial charge >= 0.3 is 5.97 Å². The van der Waals surface area contributed by atoms with Crippen LogP contribution in [0.1, 0.15) is 64.0 Å². The lowest BCUT2D eigenvalue weighted by Crippen LogP contribution is -2.26. The molecule has 1 atom stereocenters. The number of nitrogens with one attached hydrogen (secondary N) is 1. The minimum Gasteiger partial charge on any atom is -0.464 e. The molecule has 1 aromatic carbocycles. The third kappa shape index (κ3) is 4.01. The smallest absolute Gasteiger partial charge is 0.311 e. The zero-order chi connectivity index (χ0) is 21.3. The molecule has 152 valence electrons. The number of aromatic amines is 1. The average molecular weight is 395 g/mol. The second-order valence-electron chi connectivity index (χ2n) is 7.30. The summed E-state index contributed by atoms with van der Waals surface area (Å²) in [6.45, 7) is 8.51. The first-order valence-electron chi connectivity index (χ1n) is 9.65. The van der Waals surface area contributed by atoms with E-state index in [1.165, 1.54) is 13.8 Å². The van der Waals surface area contributed by atoms with Crippen LogP contribution in [0.2, 0.25) is 0 Å². The molecule has 0 bridgehead atoms. The Balaban J connectivity index is 1.72. The Bertz CT molecular complexity index is 1100. The molecule has 6 nitrogen and oxygen atoms in total. The Morgan fingerprint density at radius 3 is 2.55 bits per heavy atom. The number of carbonyl (C=O) groups is 3. The number of rotatable bonds is 7. The summed E-state index contributed by atoms with van der Waals surface area (Å²) in [6.07, 6.45) is 1.49. The molecule has 2 heterocycles. The number of ether oxygens (including phenoxy) is 1. The van der Waals surface area contributed by atoms with E-state index in [2.05, 4.69) is 11.9 Å². The molecule has 0 unspecified atom stereocenters. The number of benzene rings is 1. The van der Waals surface area contributed by atoms with E-state index < -0.39 is 12.1 Å². The van der Waals surface area contributed by atoms with E-state index in [0.717, 1.165) is 28.5 Å². The van der Waals surface area contributed by atoms with Crippen molar-refractivity contribution in [3.05, 3.63) is 58.1 Å². The molecule has 0 aliphatic rings. The van der Waals surface area contributed by atoms with Crippen LogP contribution < -0.4 is 0 Å². The molecule has 0 saturated heterocycles. The van der Waals surface area contributed by atoms with E-state index in [0.29, 0.717) is 22.5 Å². The van der Waals surface area contributed by atoms with Gasteiger partial charge in [0.05, 0.1) is 18.4 Å². The molecule has 0 fully saturated rings. The van der Waals surface area contributed by atoms with Gasteiger partial charge in [-0.15, -0.1) is 0 Å². The molecule has 3 rings (SSSR count). The monoisotopic (exact) mass is 395 g/mol. The van der Waals surface area contributed by atoms with Gasteiger partial charge in [-0.25, -0.2) is 0 Å². The van der Waals surface area contributed by atoms with Gasteiger partial charge in [0.1, 0.15) is 5.58 Å². The number of carbonyl (C=O) groups excluding carboxylic acids is 3. The molecule has 0 amide bonds. The summed E-state index contributed by atoms with van der Waals surface area (Å²) in [4.78, 5) is 39.9. The number of esters is 1. The van der Waals surface area contributed by atoms with Crippen LogP contribution in [0.3, 0.4) is 0 Å². The van der Waals surface area contributed by atoms with Crippen LogP contribution in [-0.4, -0.2) is 28.6 Å². The summed E-state index contributed by atoms with van der Waals surface area (Å²) in [6, 6.07) is 5.89. The van der Waals surface area contributed by atoms with Crippen molar-refractivity contribution in [2.45, 2.75) is 53.6 Å². The van der Waals surface area contributed by atoms with Crippen molar-refractivity contribution in [3.63, 3.8) is 0 Å². The summed E-state index contributed by atoms with van der Waals surface area (Å²) in [5.41, 5.74) is 4.62. The molecule has 2 aromatic heterocycles. The van der Waals surface area contributed by atoms with E-state index in [1.807, 2.05) is 18.2 Å². The van der Waals surface area contributed by atoms with Gasteiger partial charge in [-0.3, -0.25) is 14.4 Å². The van der Waals surface area contributed by atoms with Gasteiger partial charge in [0.2, 0.25) is 5.78 Å². The molecule has 3 aromatic rings. The highest BCUT2D eigenvalue weighted by atomic mass is 16.5. The second-order valence-corrected chi connectivity index (χ2v) is 7.30. The van der Waals surface area contributed by atoms with Crippen LogP contribution in [0.15, 0.2) is 28.9 Å². The molecular weight excluding hydrogens is 370 g/mol. The largest absolute Gasteiger partial charge is 0.464 e. The number of aryl methyl sites for hydroxylation is 2. The van der Waals surface area contributed by atoms with Crippen molar-refractivity contribution < 1.29 is 23.5 Å². The molecule has 1 N–H and O–H groups in total. The summed E-state index contributed by atoms with van der Waals surface area (Å²) in [5.74, 6) is -0.991. The Morgan fingerprint density at radius 1 is 1.21 bits per heavy atom. The molecule has 6 heteroatoms. The zero-order valence-electron chi connectivity index (χ0n) is 17.3. The van der Waals surface area contributed by atoms with Gasteiger partial charge < -0.3 is 14.1 Å².